The van der Waals surface area contributed by atoms with E-state index in [2.05, 4.69) is 60.4 Å². The molecule has 0 atom stereocenters. The SMILES string of the molecule is OC1(C#Cc2ccccc2)c2ccccc2-c2ccccc21.OC1(c2ccc3ccccc3c2)c2ccccc2-c2ccccc21.OC1c2ccccc2-c2ccccc21. The van der Waals surface area contributed by atoms with Crippen LogP contribution in [-0.2, 0) is 11.2 Å². The molecule has 3 nitrogen and oxygen atoms in total. The zero-order valence-electron chi connectivity index (χ0n) is 32.7. The van der Waals surface area contributed by atoms with E-state index in [1.807, 2.05) is 170 Å². The highest BCUT2D eigenvalue weighted by atomic mass is 16.3. The van der Waals surface area contributed by atoms with Crippen LogP contribution in [0.4, 0.5) is 0 Å². The number of aliphatic hydroxyl groups is 3. The van der Waals surface area contributed by atoms with Crippen LogP contribution in [0.25, 0.3) is 44.2 Å². The normalized spacial score (nSPS) is 14.0. The minimum absolute atomic E-state index is 0.442. The largest absolute Gasteiger partial charge is 0.384 e. The van der Waals surface area contributed by atoms with E-state index in [0.29, 0.717) is 0 Å². The molecule has 60 heavy (non-hydrogen) atoms. The molecular weight excluding hydrogens is 733 g/mol. The predicted octanol–water partition coefficient (Wildman–Crippen LogP) is 11.8. The number of benzene rings is 9. The van der Waals surface area contributed by atoms with E-state index in [0.717, 1.165) is 83.3 Å². The number of rotatable bonds is 1. The van der Waals surface area contributed by atoms with E-state index in [9.17, 15) is 15.3 Å². The lowest BCUT2D eigenvalue weighted by molar-refractivity contribution is 0.131. The molecule has 0 saturated heterocycles. The van der Waals surface area contributed by atoms with E-state index < -0.39 is 17.3 Å². The third kappa shape index (κ3) is 6.14. The van der Waals surface area contributed by atoms with Crippen LogP contribution in [0.1, 0.15) is 50.6 Å². The fraction of sp³-hybridized carbons (Fsp3) is 0.0526. The van der Waals surface area contributed by atoms with Crippen molar-refractivity contribution in [3.8, 4) is 45.2 Å². The Labute approximate surface area is 350 Å². The first-order chi connectivity index (χ1) is 29.4. The summed E-state index contributed by atoms with van der Waals surface area (Å²) in [6, 6.07) is 72.4. The van der Waals surface area contributed by atoms with Gasteiger partial charge in [-0.3, -0.25) is 0 Å². The molecule has 0 unspecified atom stereocenters. The third-order valence-corrected chi connectivity index (χ3v) is 12.0. The fourth-order valence-electron chi connectivity index (χ4n) is 9.10. The molecule has 3 aliphatic rings. The zero-order chi connectivity index (χ0) is 40.7. The second-order valence-electron chi connectivity index (χ2n) is 15.4. The Morgan fingerprint density at radius 2 is 0.767 bits per heavy atom. The van der Waals surface area contributed by atoms with E-state index in [1.54, 1.807) is 0 Å². The summed E-state index contributed by atoms with van der Waals surface area (Å²) in [5, 5.41) is 35.5. The standard InChI is InChI=1S/C23H16O.C21H14O.C13H10O/c24-23(18-14-13-16-7-1-2-8-17(16)15-18)21-11-5-3-9-19(21)20-10-4-6-12-22(20)23;22-21(15-14-16-8-2-1-3-9-16)19-12-6-4-10-17(19)18-11-5-7-13-20(18)21;14-13-11-7-3-1-5-9(11)10-6-2-4-8-12(10)13/h1-15,24H;1-13,22H;1-8,13-14H. The number of aliphatic hydroxyl groups excluding tert-OH is 1. The van der Waals surface area contributed by atoms with Gasteiger partial charge in [0.05, 0.1) is 0 Å². The highest BCUT2D eigenvalue weighted by Gasteiger charge is 2.43. The van der Waals surface area contributed by atoms with Gasteiger partial charge in [0, 0.05) is 27.8 Å². The lowest BCUT2D eigenvalue weighted by Gasteiger charge is -2.27. The molecule has 0 saturated carbocycles. The van der Waals surface area contributed by atoms with Crippen molar-refractivity contribution < 1.29 is 15.3 Å². The van der Waals surface area contributed by atoms with Crippen molar-refractivity contribution in [2.75, 3.05) is 0 Å². The minimum atomic E-state index is -1.25. The van der Waals surface area contributed by atoms with Crippen LogP contribution in [0.3, 0.4) is 0 Å². The second-order valence-corrected chi connectivity index (χ2v) is 15.4. The quantitative estimate of drug-likeness (QED) is 0.146. The van der Waals surface area contributed by atoms with Gasteiger partial charge in [0.1, 0.15) is 11.7 Å². The monoisotopic (exact) mass is 772 g/mol. The highest BCUT2D eigenvalue weighted by Crippen LogP contribution is 2.51. The molecule has 3 N–H and O–H groups in total. The Morgan fingerprint density at radius 3 is 1.30 bits per heavy atom. The maximum atomic E-state index is 11.8. The number of hydrogen-bond acceptors (Lipinski definition) is 3. The molecule has 0 bridgehead atoms. The van der Waals surface area contributed by atoms with Gasteiger partial charge in [-0.05, 0) is 79.0 Å². The Kier molecular flexibility index (Phi) is 9.32. The van der Waals surface area contributed by atoms with Crippen molar-refractivity contribution in [2.24, 2.45) is 0 Å². The Bertz CT molecular complexity index is 2980. The first-order valence-corrected chi connectivity index (χ1v) is 20.2. The second kappa shape index (κ2) is 15.1. The van der Waals surface area contributed by atoms with Crippen LogP contribution in [0.5, 0.6) is 0 Å². The number of hydrogen-bond donors (Lipinski definition) is 3. The van der Waals surface area contributed by atoms with Crippen LogP contribution in [-0.4, -0.2) is 15.3 Å². The molecule has 0 aromatic heterocycles. The molecule has 0 amide bonds. The Morgan fingerprint density at radius 1 is 0.367 bits per heavy atom. The van der Waals surface area contributed by atoms with E-state index in [4.69, 9.17) is 0 Å². The van der Waals surface area contributed by atoms with Gasteiger partial charge in [-0.25, -0.2) is 0 Å². The lowest BCUT2D eigenvalue weighted by Crippen LogP contribution is -2.26. The zero-order valence-corrected chi connectivity index (χ0v) is 32.7. The van der Waals surface area contributed by atoms with Crippen LogP contribution >= 0.6 is 0 Å². The van der Waals surface area contributed by atoms with E-state index in [1.165, 1.54) is 5.39 Å². The third-order valence-electron chi connectivity index (χ3n) is 12.0. The topological polar surface area (TPSA) is 60.7 Å². The summed E-state index contributed by atoms with van der Waals surface area (Å²) in [4.78, 5) is 0. The molecule has 0 radical (unpaired) electrons. The molecule has 3 aliphatic carbocycles. The molecule has 9 aromatic rings. The summed E-state index contributed by atoms with van der Waals surface area (Å²) in [6.07, 6.45) is -0.442. The molecule has 0 heterocycles. The van der Waals surface area contributed by atoms with Crippen LogP contribution in [0.15, 0.2) is 218 Å². The first-order valence-electron chi connectivity index (χ1n) is 20.2. The van der Waals surface area contributed by atoms with Gasteiger partial charge in [0.2, 0.25) is 0 Å². The van der Waals surface area contributed by atoms with Gasteiger partial charge in [0.15, 0.2) is 5.60 Å². The van der Waals surface area contributed by atoms with Gasteiger partial charge in [-0.2, -0.15) is 0 Å². The summed E-state index contributed by atoms with van der Waals surface area (Å²) < 4.78 is 0. The van der Waals surface area contributed by atoms with Crippen LogP contribution < -0.4 is 0 Å². The van der Waals surface area contributed by atoms with Gasteiger partial charge in [0.25, 0.3) is 0 Å². The summed E-state index contributed by atoms with van der Waals surface area (Å²) in [5.74, 6) is 6.20. The minimum Gasteiger partial charge on any atom is -0.384 e. The highest BCUT2D eigenvalue weighted by molar-refractivity contribution is 5.87. The van der Waals surface area contributed by atoms with Gasteiger partial charge in [-0.1, -0.05) is 212 Å². The van der Waals surface area contributed by atoms with Gasteiger partial charge >= 0.3 is 0 Å². The van der Waals surface area contributed by atoms with Crippen molar-refractivity contribution in [3.05, 3.63) is 263 Å². The molecule has 0 spiro atoms. The van der Waals surface area contributed by atoms with Gasteiger partial charge in [-0.15, -0.1) is 0 Å². The van der Waals surface area contributed by atoms with Crippen molar-refractivity contribution >= 4 is 10.8 Å². The van der Waals surface area contributed by atoms with E-state index in [-0.39, 0.29) is 0 Å². The van der Waals surface area contributed by atoms with Gasteiger partial charge < -0.3 is 15.3 Å². The van der Waals surface area contributed by atoms with E-state index >= 15 is 0 Å². The first kappa shape index (κ1) is 37.0. The lowest BCUT2D eigenvalue weighted by atomic mass is 9.83. The molecule has 286 valence electrons. The van der Waals surface area contributed by atoms with Crippen molar-refractivity contribution in [1.29, 1.82) is 0 Å². The van der Waals surface area contributed by atoms with Crippen LogP contribution in [0.2, 0.25) is 0 Å². The maximum absolute atomic E-state index is 11.8. The number of fused-ring (bicyclic) bond motifs is 10. The van der Waals surface area contributed by atoms with Crippen molar-refractivity contribution in [1.82, 2.24) is 0 Å². The molecule has 0 aliphatic heterocycles. The van der Waals surface area contributed by atoms with Crippen LogP contribution in [0, 0.1) is 11.8 Å². The summed E-state index contributed by atoms with van der Waals surface area (Å²) >= 11 is 0. The molecule has 0 fully saturated rings. The summed E-state index contributed by atoms with van der Waals surface area (Å²) in [7, 11) is 0. The van der Waals surface area contributed by atoms with Crippen molar-refractivity contribution in [2.45, 2.75) is 17.3 Å². The maximum Gasteiger partial charge on any atom is 0.178 e. The molecule has 12 rings (SSSR count). The molecular formula is C57H40O3. The summed E-state index contributed by atoms with van der Waals surface area (Å²) in [6.45, 7) is 0. The Balaban J connectivity index is 0.000000112. The molecule has 3 heteroatoms. The molecule has 9 aromatic carbocycles. The fourth-order valence-corrected chi connectivity index (χ4v) is 9.10. The summed E-state index contributed by atoms with van der Waals surface area (Å²) in [5.41, 5.74) is 11.8. The smallest absolute Gasteiger partial charge is 0.178 e. The van der Waals surface area contributed by atoms with Crippen molar-refractivity contribution in [3.63, 3.8) is 0 Å². The average molecular weight is 773 g/mol. The predicted molar refractivity (Wildman–Crippen MR) is 242 cm³/mol. The average Bonchev–Trinajstić information content (AvgIpc) is 3.87. The Hall–Kier alpha value is -7.32.